The van der Waals surface area contributed by atoms with E-state index in [4.69, 9.17) is 9.84 Å². The Balaban J connectivity index is 1.92. The number of benzene rings is 1. The van der Waals surface area contributed by atoms with Gasteiger partial charge in [-0.3, -0.25) is 4.79 Å². The number of anilines is 1. The lowest BCUT2D eigenvalue weighted by Gasteiger charge is -2.14. The maximum Gasteiger partial charge on any atom is 0.319 e. The average Bonchev–Trinajstić information content (AvgIpc) is 2.90. The molecule has 0 aromatic heterocycles. The Bertz CT molecular complexity index is 550. The smallest absolute Gasteiger partial charge is 0.319 e. The lowest BCUT2D eigenvalue weighted by atomic mass is 10.1. The van der Waals surface area contributed by atoms with Crippen molar-refractivity contribution in [3.8, 4) is 5.75 Å². The van der Waals surface area contributed by atoms with Crippen molar-refractivity contribution in [1.29, 1.82) is 0 Å². The lowest BCUT2D eigenvalue weighted by molar-refractivity contribution is -0.141. The second kappa shape index (κ2) is 6.43. The number of ether oxygens (including phenoxy) is 1. The Labute approximate surface area is 121 Å². The monoisotopic (exact) mass is 296 g/mol. The maximum atomic E-state index is 13.6. The van der Waals surface area contributed by atoms with Gasteiger partial charge in [0.2, 0.25) is 0 Å². The van der Waals surface area contributed by atoms with E-state index < -0.39 is 23.7 Å². The number of hydrogen-bond donors (Lipinski definition) is 3. The van der Waals surface area contributed by atoms with E-state index in [2.05, 4.69) is 10.6 Å². The third kappa shape index (κ3) is 3.84. The molecular weight excluding hydrogens is 279 g/mol. The van der Waals surface area contributed by atoms with E-state index in [-0.39, 0.29) is 11.7 Å². The standard InChI is InChI=1S/C14H17FN2O4/c1-21-10-4-5-11(15)12(7-10)17-14(20)16-9-3-2-8(6-9)13(18)19/h4-5,7-9H,2-3,6H2,1H3,(H,18,19)(H2,16,17,20)/t8-,9+/m1/s1. The van der Waals surface area contributed by atoms with Gasteiger partial charge in [0.1, 0.15) is 11.6 Å². The van der Waals surface area contributed by atoms with Gasteiger partial charge in [0.05, 0.1) is 18.7 Å². The lowest BCUT2D eigenvalue weighted by Crippen LogP contribution is -2.36. The van der Waals surface area contributed by atoms with Crippen LogP contribution in [0.15, 0.2) is 18.2 Å². The first-order chi connectivity index (χ1) is 9.99. The van der Waals surface area contributed by atoms with Gasteiger partial charge in [0.25, 0.3) is 0 Å². The molecule has 1 aromatic carbocycles. The highest BCUT2D eigenvalue weighted by Crippen LogP contribution is 2.26. The summed E-state index contributed by atoms with van der Waals surface area (Å²) in [6.45, 7) is 0. The van der Waals surface area contributed by atoms with Gasteiger partial charge in [-0.1, -0.05) is 0 Å². The zero-order valence-corrected chi connectivity index (χ0v) is 11.6. The van der Waals surface area contributed by atoms with Crippen LogP contribution in [-0.4, -0.2) is 30.3 Å². The van der Waals surface area contributed by atoms with Crippen LogP contribution in [0.5, 0.6) is 5.75 Å². The molecule has 2 amide bonds. The number of nitrogens with one attached hydrogen (secondary N) is 2. The Kier molecular flexibility index (Phi) is 4.62. The summed E-state index contributed by atoms with van der Waals surface area (Å²) in [5.41, 5.74) is 0.0135. The summed E-state index contributed by atoms with van der Waals surface area (Å²) < 4.78 is 18.5. The molecule has 1 fully saturated rings. The average molecular weight is 296 g/mol. The molecular formula is C14H17FN2O4. The molecule has 1 aliphatic rings. The summed E-state index contributed by atoms with van der Waals surface area (Å²) in [6, 6.07) is 3.26. The Morgan fingerprint density at radius 3 is 2.76 bits per heavy atom. The van der Waals surface area contributed by atoms with Gasteiger partial charge in [-0.2, -0.15) is 0 Å². The van der Waals surface area contributed by atoms with E-state index in [0.717, 1.165) is 0 Å². The first-order valence-electron chi connectivity index (χ1n) is 6.63. The Morgan fingerprint density at radius 2 is 2.14 bits per heavy atom. The molecule has 1 saturated carbocycles. The number of urea groups is 1. The van der Waals surface area contributed by atoms with Crippen LogP contribution in [-0.2, 0) is 4.79 Å². The van der Waals surface area contributed by atoms with Gasteiger partial charge in [-0.05, 0) is 31.4 Å². The van der Waals surface area contributed by atoms with Gasteiger partial charge >= 0.3 is 12.0 Å². The molecule has 2 rings (SSSR count). The van der Waals surface area contributed by atoms with Crippen LogP contribution in [0.4, 0.5) is 14.9 Å². The van der Waals surface area contributed by atoms with E-state index in [0.29, 0.717) is 25.0 Å². The minimum Gasteiger partial charge on any atom is -0.497 e. The summed E-state index contributed by atoms with van der Waals surface area (Å²) in [4.78, 5) is 22.7. The molecule has 0 unspecified atom stereocenters. The van der Waals surface area contributed by atoms with Gasteiger partial charge in [-0.25, -0.2) is 9.18 Å². The molecule has 21 heavy (non-hydrogen) atoms. The zero-order chi connectivity index (χ0) is 15.4. The van der Waals surface area contributed by atoms with Crippen molar-refractivity contribution in [2.75, 3.05) is 12.4 Å². The number of hydrogen-bond acceptors (Lipinski definition) is 3. The van der Waals surface area contributed by atoms with E-state index in [9.17, 15) is 14.0 Å². The minimum absolute atomic E-state index is 0.0135. The molecule has 2 atom stereocenters. The van der Waals surface area contributed by atoms with Crippen LogP contribution >= 0.6 is 0 Å². The number of carbonyl (C=O) groups excluding carboxylic acids is 1. The molecule has 0 bridgehead atoms. The predicted molar refractivity (Wildman–Crippen MR) is 73.9 cm³/mol. The van der Waals surface area contributed by atoms with Gasteiger partial charge in [0, 0.05) is 12.1 Å². The number of methoxy groups -OCH3 is 1. The molecule has 1 aromatic rings. The molecule has 0 radical (unpaired) electrons. The second-order valence-corrected chi connectivity index (χ2v) is 4.99. The van der Waals surface area contributed by atoms with Gasteiger partial charge < -0.3 is 20.5 Å². The van der Waals surface area contributed by atoms with Crippen molar-refractivity contribution in [2.24, 2.45) is 5.92 Å². The molecule has 0 aliphatic heterocycles. The quantitative estimate of drug-likeness (QED) is 0.795. The highest BCUT2D eigenvalue weighted by atomic mass is 19.1. The Hall–Kier alpha value is -2.31. The number of halogens is 1. The van der Waals surface area contributed by atoms with Crippen LogP contribution in [0, 0.1) is 11.7 Å². The first kappa shape index (κ1) is 15.1. The molecule has 114 valence electrons. The van der Waals surface area contributed by atoms with Crippen molar-refractivity contribution >= 4 is 17.7 Å². The second-order valence-electron chi connectivity index (χ2n) is 4.99. The fourth-order valence-electron chi connectivity index (χ4n) is 2.41. The topological polar surface area (TPSA) is 87.7 Å². The van der Waals surface area contributed by atoms with Gasteiger partial charge in [0.15, 0.2) is 0 Å². The van der Waals surface area contributed by atoms with E-state index in [1.807, 2.05) is 0 Å². The van der Waals surface area contributed by atoms with Crippen molar-refractivity contribution in [3.63, 3.8) is 0 Å². The SMILES string of the molecule is COc1ccc(F)c(NC(=O)N[C@H]2CC[C@@H](C(=O)O)C2)c1. The van der Waals surface area contributed by atoms with E-state index >= 15 is 0 Å². The summed E-state index contributed by atoms with van der Waals surface area (Å²) in [5.74, 6) is -1.42. The molecule has 3 N–H and O–H groups in total. The Morgan fingerprint density at radius 1 is 1.38 bits per heavy atom. The van der Waals surface area contributed by atoms with E-state index in [1.165, 1.54) is 25.3 Å². The maximum absolute atomic E-state index is 13.6. The number of carboxylic acids is 1. The van der Waals surface area contributed by atoms with Crippen molar-refractivity contribution in [3.05, 3.63) is 24.0 Å². The van der Waals surface area contributed by atoms with Crippen LogP contribution < -0.4 is 15.4 Å². The zero-order valence-electron chi connectivity index (χ0n) is 11.6. The molecule has 6 nitrogen and oxygen atoms in total. The molecule has 0 saturated heterocycles. The highest BCUT2D eigenvalue weighted by Gasteiger charge is 2.30. The third-order valence-electron chi connectivity index (χ3n) is 3.54. The molecule has 0 heterocycles. The number of carboxylic acid groups (broad SMARTS) is 1. The number of amides is 2. The third-order valence-corrected chi connectivity index (χ3v) is 3.54. The normalized spacial score (nSPS) is 20.9. The summed E-state index contributed by atoms with van der Waals surface area (Å²) in [5, 5.41) is 14.0. The van der Waals surface area contributed by atoms with E-state index in [1.54, 1.807) is 0 Å². The fourth-order valence-corrected chi connectivity index (χ4v) is 2.41. The predicted octanol–water partition coefficient (Wildman–Crippen LogP) is 2.21. The van der Waals surface area contributed by atoms with Crippen LogP contribution in [0.2, 0.25) is 0 Å². The fraction of sp³-hybridized carbons (Fsp3) is 0.429. The molecule has 0 spiro atoms. The van der Waals surface area contributed by atoms with Crippen molar-refractivity contribution < 1.29 is 23.8 Å². The van der Waals surface area contributed by atoms with Crippen LogP contribution in [0.25, 0.3) is 0 Å². The number of aliphatic carboxylic acids is 1. The first-order valence-corrected chi connectivity index (χ1v) is 6.63. The number of rotatable bonds is 4. The van der Waals surface area contributed by atoms with Crippen molar-refractivity contribution in [1.82, 2.24) is 5.32 Å². The molecule has 1 aliphatic carbocycles. The van der Waals surface area contributed by atoms with Gasteiger partial charge in [-0.15, -0.1) is 0 Å². The summed E-state index contributed by atoms with van der Waals surface area (Å²) >= 11 is 0. The van der Waals surface area contributed by atoms with Crippen LogP contribution in [0.1, 0.15) is 19.3 Å². The summed E-state index contributed by atoms with van der Waals surface area (Å²) in [7, 11) is 1.45. The summed E-state index contributed by atoms with van der Waals surface area (Å²) in [6.07, 6.45) is 1.53. The van der Waals surface area contributed by atoms with Crippen LogP contribution in [0.3, 0.4) is 0 Å². The van der Waals surface area contributed by atoms with Crippen molar-refractivity contribution in [2.45, 2.75) is 25.3 Å². The molecule has 7 heteroatoms. The largest absolute Gasteiger partial charge is 0.497 e. The highest BCUT2D eigenvalue weighted by molar-refractivity contribution is 5.89. The minimum atomic E-state index is -0.849. The number of carbonyl (C=O) groups is 2.